The van der Waals surface area contributed by atoms with Gasteiger partial charge in [-0.3, -0.25) is 14.2 Å². The van der Waals surface area contributed by atoms with Crippen LogP contribution in [0.2, 0.25) is 0 Å². The van der Waals surface area contributed by atoms with E-state index in [1.54, 1.807) is 50.2 Å². The fraction of sp³-hybridized carbons (Fsp3) is 0.367. The Labute approximate surface area is 254 Å². The van der Waals surface area contributed by atoms with Gasteiger partial charge in [0.2, 0.25) is 0 Å². The lowest BCUT2D eigenvalue weighted by atomic mass is 9.98. The Morgan fingerprint density at radius 3 is 2.41 bits per heavy atom. The van der Waals surface area contributed by atoms with Crippen molar-refractivity contribution in [1.82, 2.24) is 15.3 Å². The number of carbonyl (C=O) groups excluding carboxylic acids is 2. The van der Waals surface area contributed by atoms with Crippen molar-refractivity contribution >= 4 is 25.4 Å². The van der Waals surface area contributed by atoms with Gasteiger partial charge in [-0.15, -0.1) is 0 Å². The predicted molar refractivity (Wildman–Crippen MR) is 159 cm³/mol. The van der Waals surface area contributed by atoms with Crippen LogP contribution in [-0.2, 0) is 23.4 Å². The number of rotatable bonds is 11. The molecule has 0 aromatic heterocycles. The summed E-state index contributed by atoms with van der Waals surface area (Å²) in [6, 6.07) is 11.6. The molecule has 44 heavy (non-hydrogen) atoms. The number of hydrogen-bond acceptors (Lipinski definition) is 8. The Bertz CT molecular complexity index is 1510. The van der Waals surface area contributed by atoms with Crippen LogP contribution in [0.4, 0.5) is 14.9 Å². The van der Waals surface area contributed by atoms with E-state index < -0.39 is 62.6 Å². The average molecular weight is 629 g/mol. The van der Waals surface area contributed by atoms with E-state index in [1.807, 2.05) is 0 Å². The zero-order valence-corrected chi connectivity index (χ0v) is 25.5. The van der Waals surface area contributed by atoms with Crippen LogP contribution in [0.5, 0.6) is 5.75 Å². The largest absolute Gasteiger partial charge is 0.462 e. The van der Waals surface area contributed by atoms with E-state index in [-0.39, 0.29) is 5.75 Å². The van der Waals surface area contributed by atoms with Gasteiger partial charge in [0.15, 0.2) is 17.6 Å². The van der Waals surface area contributed by atoms with Crippen LogP contribution in [0.25, 0.3) is 16.0 Å². The van der Waals surface area contributed by atoms with E-state index in [9.17, 15) is 19.3 Å². The van der Waals surface area contributed by atoms with E-state index >= 15 is 4.39 Å². The van der Waals surface area contributed by atoms with Crippen LogP contribution < -0.4 is 14.9 Å². The molecule has 2 aromatic carbocycles. The van der Waals surface area contributed by atoms with Crippen LogP contribution in [0.1, 0.15) is 27.7 Å². The Morgan fingerprint density at radius 1 is 1.23 bits per heavy atom. The zero-order chi connectivity index (χ0) is 32.2. The van der Waals surface area contributed by atoms with Gasteiger partial charge < -0.3 is 24.4 Å². The minimum Gasteiger partial charge on any atom is -0.462 e. The molecule has 14 heteroatoms. The number of amides is 2. The Hall–Kier alpha value is -4.05. The van der Waals surface area contributed by atoms with E-state index in [2.05, 4.69) is 21.8 Å². The highest BCUT2D eigenvalue weighted by Crippen LogP contribution is 2.47. The van der Waals surface area contributed by atoms with Crippen molar-refractivity contribution in [2.75, 3.05) is 6.61 Å². The summed E-state index contributed by atoms with van der Waals surface area (Å²) in [4.78, 5) is 29.2. The van der Waals surface area contributed by atoms with Crippen LogP contribution in [0.15, 0.2) is 73.1 Å². The number of hydrogen-bond donors (Lipinski definition) is 3. The van der Waals surface area contributed by atoms with Gasteiger partial charge >= 0.3 is 19.7 Å². The number of alkyl halides is 1. The average Bonchev–Trinajstić information content (AvgIpc) is 3.19. The third-order valence-corrected chi connectivity index (χ3v) is 8.43. The molecule has 234 valence electrons. The third kappa shape index (κ3) is 7.53. The predicted octanol–water partition coefficient (Wildman–Crippen LogP) is 5.20. The van der Waals surface area contributed by atoms with Crippen LogP contribution in [0, 0.1) is 6.57 Å². The molecule has 2 aliphatic heterocycles. The number of urea groups is 1. The molecule has 4 rings (SSSR count). The molecule has 0 spiro atoms. The van der Waals surface area contributed by atoms with Crippen LogP contribution in [-0.4, -0.2) is 64.9 Å². The molecule has 1 unspecified atom stereocenters. The highest BCUT2D eigenvalue weighted by molar-refractivity contribution is 7.52. The van der Waals surface area contributed by atoms with E-state index in [0.29, 0.717) is 11.4 Å². The monoisotopic (exact) mass is 628 g/mol. The zero-order valence-electron chi connectivity index (χ0n) is 24.6. The molecule has 0 bridgehead atoms. The maximum absolute atomic E-state index is 15.7. The Morgan fingerprint density at radius 2 is 1.84 bits per heavy atom. The fourth-order valence-corrected chi connectivity index (χ4v) is 5.98. The Balaban J connectivity index is 1.52. The van der Waals surface area contributed by atoms with E-state index in [4.69, 9.17) is 25.1 Å². The normalized spacial score (nSPS) is 25.2. The summed E-state index contributed by atoms with van der Waals surface area (Å²) in [6.07, 6.45) is -2.43. The molecular weight excluding hydrogens is 594 g/mol. The fourth-order valence-electron chi connectivity index (χ4n) is 4.48. The van der Waals surface area contributed by atoms with Crippen molar-refractivity contribution in [2.24, 2.45) is 0 Å². The molecule has 1 fully saturated rings. The van der Waals surface area contributed by atoms with Gasteiger partial charge in [-0.25, -0.2) is 18.6 Å². The first-order valence-electron chi connectivity index (χ1n) is 13.7. The van der Waals surface area contributed by atoms with Gasteiger partial charge in [0, 0.05) is 11.9 Å². The maximum atomic E-state index is 15.7. The molecule has 3 N–H and O–H groups in total. The van der Waals surface area contributed by atoms with Crippen molar-refractivity contribution in [1.29, 1.82) is 0 Å². The van der Waals surface area contributed by atoms with Crippen molar-refractivity contribution in [3.8, 4) is 16.9 Å². The molecule has 2 aliphatic rings. The molecule has 2 aromatic rings. The van der Waals surface area contributed by atoms with E-state index in [1.165, 1.54) is 31.3 Å². The smallest absolute Gasteiger partial charge is 0.459 e. The van der Waals surface area contributed by atoms with Gasteiger partial charge in [0.1, 0.15) is 24.0 Å². The highest BCUT2D eigenvalue weighted by atomic mass is 31.2. The van der Waals surface area contributed by atoms with Crippen molar-refractivity contribution < 1.29 is 42.2 Å². The molecule has 0 radical (unpaired) electrons. The molecule has 2 heterocycles. The first-order chi connectivity index (χ1) is 20.7. The lowest BCUT2D eigenvalue weighted by Crippen LogP contribution is -2.53. The van der Waals surface area contributed by atoms with E-state index in [0.717, 1.165) is 23.0 Å². The molecule has 0 aliphatic carbocycles. The number of nitrogens with one attached hydrogen (secondary N) is 2. The molecular formula is C30H34FN4O8P. The van der Waals surface area contributed by atoms with Crippen LogP contribution in [0.3, 0.4) is 0 Å². The lowest BCUT2D eigenvalue weighted by Gasteiger charge is -2.33. The minimum absolute atomic E-state index is 0.114. The maximum Gasteiger partial charge on any atom is 0.459 e. The summed E-state index contributed by atoms with van der Waals surface area (Å²) < 4.78 is 51.9. The first kappa shape index (κ1) is 32.9. The summed E-state index contributed by atoms with van der Waals surface area (Å²) in [5.74, 6) is -0.605. The second-order valence-corrected chi connectivity index (χ2v) is 12.4. The summed E-state index contributed by atoms with van der Waals surface area (Å²) in [5, 5.41) is 15.7. The second-order valence-electron chi connectivity index (χ2n) is 10.7. The number of allylic oxidation sites excluding steroid dienone is 1. The molecule has 2 amide bonds. The lowest BCUT2D eigenvalue weighted by molar-refractivity contribution is -0.149. The quantitative estimate of drug-likeness (QED) is 0.174. The molecule has 0 saturated carbocycles. The standard InChI is InChI=1S/C30H34FN4O8P/c1-18(2)41-27(37)20(4)34-44(39,43-24-13-9-22(10-14-24)21-7-11-23(32-6)12-8-21)40-17-25-26(36)30(5,31)28(42-25)35-16-15-19(3)33-29(35)38/h7-16,18,20,25-26,28,36H,3,17H2,1-2,4-5H3,(H,33,38)(H,34,39)/t20-,25+,26+,28+,30+,44?/m0/s1. The molecule has 1 saturated heterocycles. The van der Waals surface area contributed by atoms with Gasteiger partial charge in [0.25, 0.3) is 0 Å². The number of esters is 1. The van der Waals surface area contributed by atoms with Crippen molar-refractivity contribution in [3.05, 3.63) is 84.5 Å². The van der Waals surface area contributed by atoms with Crippen molar-refractivity contribution in [2.45, 2.75) is 63.9 Å². The summed E-state index contributed by atoms with van der Waals surface area (Å²) in [7, 11) is -4.40. The Kier molecular flexibility index (Phi) is 9.93. The van der Waals surface area contributed by atoms with Crippen molar-refractivity contribution in [3.63, 3.8) is 0 Å². The van der Waals surface area contributed by atoms with Gasteiger partial charge in [0.05, 0.1) is 19.3 Å². The minimum atomic E-state index is -4.40. The number of halogens is 1. The third-order valence-electron chi connectivity index (χ3n) is 6.78. The molecule has 6 atom stereocenters. The number of carbonyl (C=O) groups is 2. The molecule has 12 nitrogen and oxygen atoms in total. The number of aliphatic hydroxyl groups excluding tert-OH is 1. The summed E-state index contributed by atoms with van der Waals surface area (Å²) in [5.41, 5.74) is -0.0131. The first-order valence-corrected chi connectivity index (χ1v) is 15.3. The summed E-state index contributed by atoms with van der Waals surface area (Å²) in [6.45, 7) is 15.9. The van der Waals surface area contributed by atoms with Gasteiger partial charge in [-0.1, -0.05) is 43.0 Å². The van der Waals surface area contributed by atoms with Gasteiger partial charge in [-0.2, -0.15) is 5.09 Å². The second kappa shape index (κ2) is 13.3. The van der Waals surface area contributed by atoms with Gasteiger partial charge in [-0.05, 0) is 57.0 Å². The van der Waals surface area contributed by atoms with Crippen LogP contribution >= 0.6 is 7.75 Å². The number of benzene rings is 2. The number of nitrogens with zero attached hydrogens (tertiary/aromatic N) is 2. The topological polar surface area (TPSA) is 140 Å². The number of aliphatic hydroxyl groups is 1. The summed E-state index contributed by atoms with van der Waals surface area (Å²) >= 11 is 0. The number of ether oxygens (including phenoxy) is 2. The SMILES string of the molecule is [C-]#[N+]c1ccc(-c2ccc(OP(=O)(N[C@@H](C)C(=O)OC(C)C)OC[C@H]3O[C@@H](N4C=CC(=C)NC4=O)[C@](C)(F)[C@@H]3O)cc2)cc1. The highest BCUT2D eigenvalue weighted by Gasteiger charge is 2.57.